The normalized spacial score (nSPS) is 47.4. The number of hydrogen-bond donors (Lipinski definition) is 1. The summed E-state index contributed by atoms with van der Waals surface area (Å²) in [6.07, 6.45) is 8.11. The van der Waals surface area contributed by atoms with Crippen LogP contribution >= 0.6 is 15.8 Å². The average molecular weight is 796 g/mol. The molecule has 0 saturated carbocycles. The first-order valence-corrected chi connectivity index (χ1v) is 30.8. The minimum atomic E-state index is -3.87. The Labute approximate surface area is 319 Å². The van der Waals surface area contributed by atoms with Crippen LogP contribution in [0.15, 0.2) is 97.1 Å². The van der Waals surface area contributed by atoms with Gasteiger partial charge in [-0.25, -0.2) is 0 Å². The maximum absolute atomic E-state index is 3.87. The number of rotatable bonds is 15. The van der Waals surface area contributed by atoms with Crippen LogP contribution in [0.1, 0.15) is 81.5 Å². The Balaban J connectivity index is 0.000000251. The Morgan fingerprint density at radius 3 is 1.35 bits per heavy atom. The molecule has 286 valence electrons. The van der Waals surface area contributed by atoms with Gasteiger partial charge in [0.25, 0.3) is 0 Å². The van der Waals surface area contributed by atoms with E-state index in [0.29, 0.717) is 0 Å². The number of nitrogens with one attached hydrogen (secondary N) is 1. The van der Waals surface area contributed by atoms with Crippen LogP contribution in [0.4, 0.5) is 0 Å². The van der Waals surface area contributed by atoms with Crippen LogP contribution in [-0.4, -0.2) is 22.8 Å². The molecular formula is C50H63FeNP2. The SMILES string of the molecule is CCCCCNCCCCC.Cc1cc(C)cc(P(c2cc(C)cc(C)c2)C(C)[C@]23[CH]4[CH]5[CH]6[C]2(P(c2ccccc2)c2ccccc2)[Fe]56432789[CH]3[CH]2[CH]7[CH]8[CH]39)c1. The summed E-state index contributed by atoms with van der Waals surface area (Å²) in [5.41, 5.74) is 6.63. The molecule has 14 rings (SSSR count). The van der Waals surface area contributed by atoms with E-state index in [1.54, 1.807) is 21.2 Å². The molecule has 4 aromatic rings. The number of unbranched alkanes of at least 4 members (excludes halogenated alkanes) is 4. The molecule has 0 radical (unpaired) electrons. The van der Waals surface area contributed by atoms with Gasteiger partial charge >= 0.3 is 250 Å². The molecule has 4 aromatic carbocycles. The first-order chi connectivity index (χ1) is 26.0. The average Bonchev–Trinajstić information content (AvgIpc) is 4.11. The van der Waals surface area contributed by atoms with Crippen LogP contribution in [0.25, 0.3) is 0 Å². The van der Waals surface area contributed by atoms with Crippen molar-refractivity contribution in [3.63, 3.8) is 0 Å². The van der Waals surface area contributed by atoms with Crippen LogP contribution in [0.3, 0.4) is 0 Å². The zero-order chi connectivity index (χ0) is 37.0. The van der Waals surface area contributed by atoms with E-state index >= 15 is 0 Å². The zero-order valence-corrected chi connectivity index (χ0v) is 36.7. The monoisotopic (exact) mass is 795 g/mol. The van der Waals surface area contributed by atoms with Crippen molar-refractivity contribution < 1.29 is 6.51 Å². The van der Waals surface area contributed by atoms with Gasteiger partial charge in [-0.15, -0.1) is 0 Å². The van der Waals surface area contributed by atoms with Gasteiger partial charge in [0.15, 0.2) is 0 Å². The summed E-state index contributed by atoms with van der Waals surface area (Å²) in [6, 6.07) is 39.5. The molecule has 0 aliphatic carbocycles. The standard InChI is InChI=1S/C35H35P2.C10H23N.C5H5.Fe/c1-25-19-26(2)22-32(21-25)36(33-23-27(3)20-28(4)24-33)29(5)34-17-12-18-35(34)37(30-13-8-6-9-14-30)31-15-10-7-11-16-31;1-3-5-7-9-11-10-8-6-4-2;1-2-4-5-3-1;/h6-24,29H,1-5H3;11H,3-10H2,1-2H3;1-5H;. The van der Waals surface area contributed by atoms with Crippen molar-refractivity contribution in [2.75, 3.05) is 13.1 Å². The number of benzene rings is 4. The Kier molecular flexibility index (Phi) is 4.22. The summed E-state index contributed by atoms with van der Waals surface area (Å²) >= 11 is 0. The predicted molar refractivity (Wildman–Crippen MR) is 234 cm³/mol. The third-order valence-corrected chi connectivity index (χ3v) is 76.4. The summed E-state index contributed by atoms with van der Waals surface area (Å²) in [7, 11) is -0.758. The maximum atomic E-state index is 3.46. The first-order valence-electron chi connectivity index (χ1n) is 21.8. The topological polar surface area (TPSA) is 12.0 Å². The summed E-state index contributed by atoms with van der Waals surface area (Å²) in [5.74, 6) is 0. The number of fused-ring (bicyclic) bond motifs is 10. The van der Waals surface area contributed by atoms with Crippen molar-refractivity contribution in [3.05, 3.63) is 119 Å². The molecule has 0 bridgehead atoms. The van der Waals surface area contributed by atoms with Crippen molar-refractivity contribution in [1.29, 1.82) is 0 Å². The van der Waals surface area contributed by atoms with Gasteiger partial charge in [-0.1, -0.05) is 39.5 Å². The van der Waals surface area contributed by atoms with Gasteiger partial charge in [0.05, 0.1) is 0 Å². The van der Waals surface area contributed by atoms with Crippen molar-refractivity contribution in [1.82, 2.24) is 5.32 Å². The first kappa shape index (κ1) is 33.2. The molecule has 0 amide bonds. The second-order valence-electron chi connectivity index (χ2n) is 21.7. The van der Waals surface area contributed by atoms with E-state index in [-0.39, 0.29) is 7.92 Å². The van der Waals surface area contributed by atoms with Crippen LogP contribution in [0.2, 0.25) is 42.8 Å². The summed E-state index contributed by atoms with van der Waals surface area (Å²) in [4.78, 5) is 10.2. The van der Waals surface area contributed by atoms with Gasteiger partial charge in [0, 0.05) is 0 Å². The van der Waals surface area contributed by atoms with Crippen molar-refractivity contribution in [3.8, 4) is 0 Å². The third-order valence-electron chi connectivity index (χ3n) is 23.1. The third kappa shape index (κ3) is 1.31. The van der Waals surface area contributed by atoms with E-state index in [4.69, 9.17) is 0 Å². The Hall–Kier alpha value is -1.78. The van der Waals surface area contributed by atoms with Gasteiger partial charge < -0.3 is 5.32 Å². The van der Waals surface area contributed by atoms with Gasteiger partial charge in [0.1, 0.15) is 0 Å². The fraction of sp³-hybridized carbons (Fsp3) is 0.520. The molecule has 5 unspecified atom stereocenters. The minimum absolute atomic E-state index is 0.326. The fourth-order valence-corrected chi connectivity index (χ4v) is 122. The molecule has 10 aliphatic heterocycles. The molecule has 4 heteroatoms. The quantitative estimate of drug-likeness (QED) is 0.0718. The predicted octanol–water partition coefficient (Wildman–Crippen LogP) is 12.5. The van der Waals surface area contributed by atoms with Gasteiger partial charge in [-0.05, 0) is 25.9 Å². The van der Waals surface area contributed by atoms with Gasteiger partial charge in [-0.3, -0.25) is 0 Å². The molecule has 1 spiro atoms. The van der Waals surface area contributed by atoms with Crippen molar-refractivity contribution >= 4 is 37.1 Å². The molecule has 10 aliphatic rings. The Morgan fingerprint density at radius 1 is 0.556 bits per heavy atom. The molecular weight excluding hydrogens is 732 g/mol. The summed E-state index contributed by atoms with van der Waals surface area (Å²) < 4.78 is 1.48. The van der Waals surface area contributed by atoms with E-state index in [9.17, 15) is 0 Å². The van der Waals surface area contributed by atoms with Crippen LogP contribution in [0.5, 0.6) is 0 Å². The van der Waals surface area contributed by atoms with Gasteiger partial charge in [0.2, 0.25) is 0 Å². The van der Waals surface area contributed by atoms with Crippen molar-refractivity contribution in [2.24, 2.45) is 0 Å². The van der Waals surface area contributed by atoms with E-state index < -0.39 is 14.4 Å². The summed E-state index contributed by atoms with van der Waals surface area (Å²) in [5, 5.41) is 10.3. The Morgan fingerprint density at radius 2 is 0.981 bits per heavy atom. The molecule has 1 N–H and O–H groups in total. The summed E-state index contributed by atoms with van der Waals surface area (Å²) in [6.45, 7) is 15.3. The molecule has 10 heterocycles. The molecule has 10 saturated heterocycles. The molecule has 1 nitrogen and oxygen atoms in total. The fourth-order valence-electron chi connectivity index (χ4n) is 24.2. The van der Waals surface area contributed by atoms with E-state index in [1.807, 2.05) is 0 Å². The molecule has 10 fully saturated rings. The molecule has 54 heavy (non-hydrogen) atoms. The van der Waals surface area contributed by atoms with E-state index in [0.717, 1.165) is 14.0 Å². The van der Waals surface area contributed by atoms with Crippen LogP contribution < -0.4 is 26.5 Å². The molecule has 0 aromatic heterocycles. The van der Waals surface area contributed by atoms with E-state index in [1.165, 1.54) is 112 Å². The second-order valence-corrected chi connectivity index (χ2v) is 50.3. The molecule has 6 atom stereocenters. The van der Waals surface area contributed by atoms with Crippen LogP contribution in [0, 0.1) is 27.7 Å². The van der Waals surface area contributed by atoms with Gasteiger partial charge in [-0.2, -0.15) is 0 Å². The Bertz CT molecular complexity index is 2430. The second kappa shape index (κ2) is 6.86. The van der Waals surface area contributed by atoms with Crippen molar-refractivity contribution in [2.45, 2.75) is 140 Å². The van der Waals surface area contributed by atoms with Crippen LogP contribution in [-0.2, 0) is 6.51 Å². The number of aryl methyl sites for hydroxylation is 4. The number of hydrogen-bond acceptors (Lipinski definition) is 1. The zero-order valence-electron chi connectivity index (χ0n) is 33.8. The van der Waals surface area contributed by atoms with E-state index in [2.05, 4.69) is 151 Å².